The van der Waals surface area contributed by atoms with Crippen LogP contribution in [0.5, 0.6) is 0 Å². The minimum absolute atomic E-state index is 0.0834. The standard InChI is InChI=1S/C13H8F3N3/c14-7-5-9(16)12-11(6-7)19(13(17)18-12)10-4-2-1-3-8(10)15/h1-6H,(H2,17,18). The first kappa shape index (κ1) is 11.6. The molecule has 0 atom stereocenters. The van der Waals surface area contributed by atoms with Crippen LogP contribution in [0.25, 0.3) is 16.7 Å². The zero-order valence-electron chi connectivity index (χ0n) is 9.57. The summed E-state index contributed by atoms with van der Waals surface area (Å²) < 4.78 is 41.8. The van der Waals surface area contributed by atoms with Gasteiger partial charge in [0.2, 0.25) is 5.95 Å². The molecule has 19 heavy (non-hydrogen) atoms. The predicted octanol–water partition coefficient (Wildman–Crippen LogP) is 3.03. The number of hydrogen-bond acceptors (Lipinski definition) is 2. The van der Waals surface area contributed by atoms with Gasteiger partial charge in [-0.25, -0.2) is 18.2 Å². The summed E-state index contributed by atoms with van der Waals surface area (Å²) in [6, 6.07) is 7.56. The molecule has 0 amide bonds. The Morgan fingerprint density at radius 2 is 1.74 bits per heavy atom. The molecule has 1 aromatic heterocycles. The summed E-state index contributed by atoms with van der Waals surface area (Å²) in [4.78, 5) is 3.80. The van der Waals surface area contributed by atoms with Crippen molar-refractivity contribution in [2.45, 2.75) is 0 Å². The first-order valence-corrected chi connectivity index (χ1v) is 5.46. The first-order valence-electron chi connectivity index (χ1n) is 5.46. The summed E-state index contributed by atoms with van der Waals surface area (Å²) in [5, 5.41) is 0. The minimum Gasteiger partial charge on any atom is -0.369 e. The maximum atomic E-state index is 13.8. The van der Waals surface area contributed by atoms with Crippen LogP contribution in [0, 0.1) is 17.5 Å². The highest BCUT2D eigenvalue weighted by Gasteiger charge is 2.16. The van der Waals surface area contributed by atoms with Crippen molar-refractivity contribution in [2.75, 3.05) is 5.73 Å². The number of aromatic nitrogens is 2. The average Bonchev–Trinajstić information content (AvgIpc) is 2.67. The zero-order chi connectivity index (χ0) is 13.6. The van der Waals surface area contributed by atoms with Crippen molar-refractivity contribution < 1.29 is 13.2 Å². The van der Waals surface area contributed by atoms with E-state index in [2.05, 4.69) is 4.98 Å². The van der Waals surface area contributed by atoms with Gasteiger partial charge in [-0.05, 0) is 12.1 Å². The smallest absolute Gasteiger partial charge is 0.206 e. The Morgan fingerprint density at radius 1 is 1.00 bits per heavy atom. The molecule has 0 aliphatic heterocycles. The fourth-order valence-corrected chi connectivity index (χ4v) is 2.01. The van der Waals surface area contributed by atoms with E-state index in [1.165, 1.54) is 22.8 Å². The van der Waals surface area contributed by atoms with Gasteiger partial charge in [-0.2, -0.15) is 0 Å². The van der Waals surface area contributed by atoms with Crippen LogP contribution in [0.1, 0.15) is 0 Å². The fourth-order valence-electron chi connectivity index (χ4n) is 2.01. The molecular formula is C13H8F3N3. The van der Waals surface area contributed by atoms with Crippen LogP contribution in [-0.2, 0) is 0 Å². The molecule has 96 valence electrons. The molecule has 2 aromatic carbocycles. The van der Waals surface area contributed by atoms with Gasteiger partial charge in [-0.1, -0.05) is 12.1 Å². The number of nitrogen functional groups attached to an aromatic ring is 1. The summed E-state index contributed by atoms with van der Waals surface area (Å²) in [6.07, 6.45) is 0. The normalized spacial score (nSPS) is 11.1. The number of halogens is 3. The topological polar surface area (TPSA) is 43.8 Å². The van der Waals surface area contributed by atoms with Crippen LogP contribution in [0.2, 0.25) is 0 Å². The first-order chi connectivity index (χ1) is 9.08. The third-order valence-corrected chi connectivity index (χ3v) is 2.80. The van der Waals surface area contributed by atoms with Crippen LogP contribution in [-0.4, -0.2) is 9.55 Å². The number of nitrogens with two attached hydrogens (primary N) is 1. The highest BCUT2D eigenvalue weighted by Crippen LogP contribution is 2.27. The van der Waals surface area contributed by atoms with Crippen LogP contribution in [0.4, 0.5) is 19.1 Å². The Labute approximate surface area is 106 Å². The molecule has 3 nitrogen and oxygen atoms in total. The number of imidazole rings is 1. The van der Waals surface area contributed by atoms with Gasteiger partial charge in [0, 0.05) is 12.1 Å². The van der Waals surface area contributed by atoms with Crippen molar-refractivity contribution in [1.29, 1.82) is 0 Å². The summed E-state index contributed by atoms with van der Waals surface area (Å²) in [6.45, 7) is 0. The number of anilines is 1. The second kappa shape index (κ2) is 4.01. The molecule has 0 unspecified atom stereocenters. The third-order valence-electron chi connectivity index (χ3n) is 2.80. The molecule has 1 heterocycles. The second-order valence-corrected chi connectivity index (χ2v) is 4.01. The predicted molar refractivity (Wildman–Crippen MR) is 65.4 cm³/mol. The van der Waals surface area contributed by atoms with Crippen molar-refractivity contribution in [1.82, 2.24) is 9.55 Å². The highest BCUT2D eigenvalue weighted by molar-refractivity contribution is 5.81. The molecule has 0 saturated carbocycles. The van der Waals surface area contributed by atoms with Gasteiger partial charge in [0.1, 0.15) is 17.2 Å². The van der Waals surface area contributed by atoms with Crippen LogP contribution >= 0.6 is 0 Å². The van der Waals surface area contributed by atoms with Crippen molar-refractivity contribution in [3.8, 4) is 5.69 Å². The summed E-state index contributed by atoms with van der Waals surface area (Å²) in [7, 11) is 0. The van der Waals surface area contributed by atoms with Gasteiger partial charge in [0.05, 0.1) is 11.2 Å². The van der Waals surface area contributed by atoms with Gasteiger partial charge in [0.25, 0.3) is 0 Å². The van der Waals surface area contributed by atoms with Crippen LogP contribution in [0.3, 0.4) is 0 Å². The lowest BCUT2D eigenvalue weighted by molar-refractivity contribution is 0.590. The van der Waals surface area contributed by atoms with Gasteiger partial charge in [-0.3, -0.25) is 4.57 Å². The number of hydrogen-bond donors (Lipinski definition) is 1. The molecule has 2 N–H and O–H groups in total. The van der Waals surface area contributed by atoms with Gasteiger partial charge < -0.3 is 5.73 Å². The lowest BCUT2D eigenvalue weighted by atomic mass is 10.2. The van der Waals surface area contributed by atoms with E-state index in [0.717, 1.165) is 6.07 Å². The molecule has 0 bridgehead atoms. The summed E-state index contributed by atoms with van der Waals surface area (Å²) in [5.74, 6) is -2.28. The van der Waals surface area contributed by atoms with E-state index < -0.39 is 17.5 Å². The van der Waals surface area contributed by atoms with E-state index in [1.54, 1.807) is 6.07 Å². The fraction of sp³-hybridized carbons (Fsp3) is 0. The Bertz CT molecular complexity index is 780. The number of fused-ring (bicyclic) bond motifs is 1. The molecule has 0 aliphatic rings. The van der Waals surface area contributed by atoms with Crippen LogP contribution in [0.15, 0.2) is 36.4 Å². The van der Waals surface area contributed by atoms with Gasteiger partial charge in [0.15, 0.2) is 5.82 Å². The Hall–Kier alpha value is -2.50. The minimum atomic E-state index is -0.836. The molecule has 0 fully saturated rings. The lowest BCUT2D eigenvalue weighted by Crippen LogP contribution is -2.02. The van der Waals surface area contributed by atoms with Crippen molar-refractivity contribution in [3.05, 3.63) is 53.8 Å². The quantitative estimate of drug-likeness (QED) is 0.733. The molecular weight excluding hydrogens is 255 g/mol. The number of para-hydroxylation sites is 1. The molecule has 0 spiro atoms. The maximum absolute atomic E-state index is 13.8. The van der Waals surface area contributed by atoms with E-state index in [9.17, 15) is 13.2 Å². The van der Waals surface area contributed by atoms with Crippen molar-refractivity contribution in [2.24, 2.45) is 0 Å². The van der Waals surface area contributed by atoms with Crippen molar-refractivity contribution >= 4 is 17.0 Å². The maximum Gasteiger partial charge on any atom is 0.206 e. The molecule has 3 aromatic rings. The Balaban J connectivity index is 2.42. The molecule has 6 heteroatoms. The summed E-state index contributed by atoms with van der Waals surface area (Å²) in [5.41, 5.74) is 5.75. The SMILES string of the molecule is Nc1nc2c(F)cc(F)cc2n1-c1ccccc1F. The average molecular weight is 263 g/mol. The third kappa shape index (κ3) is 1.72. The number of rotatable bonds is 1. The van der Waals surface area contributed by atoms with E-state index >= 15 is 0 Å². The molecule has 0 aliphatic carbocycles. The van der Waals surface area contributed by atoms with E-state index in [-0.39, 0.29) is 22.7 Å². The Morgan fingerprint density at radius 3 is 2.47 bits per heavy atom. The van der Waals surface area contributed by atoms with E-state index in [0.29, 0.717) is 6.07 Å². The molecule has 0 saturated heterocycles. The summed E-state index contributed by atoms with van der Waals surface area (Å²) >= 11 is 0. The Kier molecular flexibility index (Phi) is 2.45. The van der Waals surface area contributed by atoms with Gasteiger partial charge >= 0.3 is 0 Å². The van der Waals surface area contributed by atoms with E-state index in [1.807, 2.05) is 0 Å². The van der Waals surface area contributed by atoms with Crippen LogP contribution < -0.4 is 5.73 Å². The lowest BCUT2D eigenvalue weighted by Gasteiger charge is -2.07. The number of nitrogens with zero attached hydrogens (tertiary/aromatic N) is 2. The monoisotopic (exact) mass is 263 g/mol. The van der Waals surface area contributed by atoms with Crippen molar-refractivity contribution in [3.63, 3.8) is 0 Å². The molecule has 0 radical (unpaired) electrons. The highest BCUT2D eigenvalue weighted by atomic mass is 19.1. The van der Waals surface area contributed by atoms with Gasteiger partial charge in [-0.15, -0.1) is 0 Å². The van der Waals surface area contributed by atoms with E-state index in [4.69, 9.17) is 5.73 Å². The molecule has 3 rings (SSSR count). The zero-order valence-corrected chi connectivity index (χ0v) is 9.57. The largest absolute Gasteiger partial charge is 0.369 e. The number of benzene rings is 2. The second-order valence-electron chi connectivity index (χ2n) is 4.01.